The van der Waals surface area contributed by atoms with Crippen LogP contribution >= 0.6 is 0 Å². The van der Waals surface area contributed by atoms with Crippen LogP contribution in [0, 0.1) is 11.8 Å². The topological polar surface area (TPSA) is 12.4 Å². The SMILES string of the molecule is C=N[C@](C)(C/C=C/C(C)C)[C@H]1CC=C(C)CC1. The molecule has 0 aromatic rings. The second-order valence-corrected chi connectivity index (χ2v) is 5.91. The molecule has 1 aliphatic rings. The van der Waals surface area contributed by atoms with E-state index in [4.69, 9.17) is 0 Å². The number of rotatable bonds is 5. The summed E-state index contributed by atoms with van der Waals surface area (Å²) >= 11 is 0. The maximum Gasteiger partial charge on any atom is 0.0638 e. The van der Waals surface area contributed by atoms with E-state index in [2.05, 4.69) is 57.6 Å². The molecule has 0 aromatic heterocycles. The van der Waals surface area contributed by atoms with Crippen molar-refractivity contribution in [1.29, 1.82) is 0 Å². The summed E-state index contributed by atoms with van der Waals surface area (Å²) in [4.78, 5) is 4.44. The average Bonchev–Trinajstić information content (AvgIpc) is 2.29. The highest BCUT2D eigenvalue weighted by Crippen LogP contribution is 2.36. The van der Waals surface area contributed by atoms with Gasteiger partial charge in [0.05, 0.1) is 5.54 Å². The molecule has 2 atom stereocenters. The van der Waals surface area contributed by atoms with Crippen LogP contribution in [0.4, 0.5) is 0 Å². The number of hydrogen-bond acceptors (Lipinski definition) is 1. The molecule has 0 radical (unpaired) electrons. The predicted octanol–water partition coefficient (Wildman–Crippen LogP) is 4.79. The largest absolute Gasteiger partial charge is 0.294 e. The minimum Gasteiger partial charge on any atom is -0.294 e. The quantitative estimate of drug-likeness (QED) is 0.478. The van der Waals surface area contributed by atoms with Crippen LogP contribution in [-0.4, -0.2) is 12.3 Å². The van der Waals surface area contributed by atoms with Gasteiger partial charge in [-0.3, -0.25) is 4.99 Å². The number of aliphatic imine (C=N–C) groups is 1. The third kappa shape index (κ3) is 4.14. The summed E-state index contributed by atoms with van der Waals surface area (Å²) in [6.07, 6.45) is 11.6. The van der Waals surface area contributed by atoms with Crippen LogP contribution in [0.2, 0.25) is 0 Å². The van der Waals surface area contributed by atoms with Crippen LogP contribution in [0.15, 0.2) is 28.8 Å². The molecule has 0 bridgehead atoms. The van der Waals surface area contributed by atoms with Gasteiger partial charge in [0, 0.05) is 0 Å². The molecule has 1 aliphatic carbocycles. The van der Waals surface area contributed by atoms with Crippen molar-refractivity contribution < 1.29 is 0 Å². The highest BCUT2D eigenvalue weighted by atomic mass is 14.8. The Bertz CT molecular complexity index is 311. The Morgan fingerprint density at radius 1 is 1.59 bits per heavy atom. The van der Waals surface area contributed by atoms with Gasteiger partial charge in [-0.25, -0.2) is 0 Å². The van der Waals surface area contributed by atoms with Crippen molar-refractivity contribution in [1.82, 2.24) is 0 Å². The van der Waals surface area contributed by atoms with Gasteiger partial charge in [-0.05, 0) is 58.1 Å². The molecule has 17 heavy (non-hydrogen) atoms. The Labute approximate surface area is 107 Å². The Morgan fingerprint density at radius 3 is 2.76 bits per heavy atom. The van der Waals surface area contributed by atoms with Crippen molar-refractivity contribution in [2.45, 2.75) is 58.9 Å². The lowest BCUT2D eigenvalue weighted by Crippen LogP contribution is -2.33. The molecular formula is C16H27N. The molecule has 0 aliphatic heterocycles. The summed E-state index contributed by atoms with van der Waals surface area (Å²) in [5, 5.41) is 0. The monoisotopic (exact) mass is 233 g/mol. The molecule has 1 heteroatoms. The first-order valence-corrected chi connectivity index (χ1v) is 6.78. The zero-order chi connectivity index (χ0) is 12.9. The second-order valence-electron chi connectivity index (χ2n) is 5.91. The van der Waals surface area contributed by atoms with Gasteiger partial charge in [-0.1, -0.05) is 37.6 Å². The molecule has 96 valence electrons. The smallest absolute Gasteiger partial charge is 0.0638 e. The standard InChI is InChI=1S/C16H27N/c1-13(2)7-6-12-16(4,17-5)15-10-8-14(3)9-11-15/h6-8,13,15H,5,9-12H2,1-4H3/b7-6+/t15-,16+/m0/s1. The van der Waals surface area contributed by atoms with Gasteiger partial charge >= 0.3 is 0 Å². The van der Waals surface area contributed by atoms with Crippen LogP contribution in [0.3, 0.4) is 0 Å². The van der Waals surface area contributed by atoms with E-state index in [1.807, 2.05) is 0 Å². The Balaban J connectivity index is 2.65. The predicted molar refractivity (Wildman–Crippen MR) is 77.6 cm³/mol. The van der Waals surface area contributed by atoms with E-state index in [1.165, 1.54) is 18.4 Å². The van der Waals surface area contributed by atoms with Gasteiger partial charge in [0.2, 0.25) is 0 Å². The van der Waals surface area contributed by atoms with Crippen LogP contribution < -0.4 is 0 Å². The molecule has 0 N–H and O–H groups in total. The van der Waals surface area contributed by atoms with Gasteiger partial charge in [0.1, 0.15) is 0 Å². The summed E-state index contributed by atoms with van der Waals surface area (Å²) in [6, 6.07) is 0. The van der Waals surface area contributed by atoms with Crippen LogP contribution in [0.25, 0.3) is 0 Å². The molecule has 0 spiro atoms. The lowest BCUT2D eigenvalue weighted by atomic mass is 9.75. The van der Waals surface area contributed by atoms with Gasteiger partial charge in [-0.15, -0.1) is 0 Å². The molecule has 0 heterocycles. The van der Waals surface area contributed by atoms with Crippen molar-refractivity contribution in [2.24, 2.45) is 16.8 Å². The van der Waals surface area contributed by atoms with Crippen LogP contribution in [0.1, 0.15) is 53.4 Å². The lowest BCUT2D eigenvalue weighted by molar-refractivity contribution is 0.277. The van der Waals surface area contributed by atoms with Crippen molar-refractivity contribution in [3.8, 4) is 0 Å². The fraction of sp³-hybridized carbons (Fsp3) is 0.688. The zero-order valence-corrected chi connectivity index (χ0v) is 11.9. The molecule has 0 aromatic carbocycles. The van der Waals surface area contributed by atoms with E-state index in [0.717, 1.165) is 12.8 Å². The lowest BCUT2D eigenvalue weighted by Gasteiger charge is -2.35. The first kappa shape index (κ1) is 14.2. The van der Waals surface area contributed by atoms with Crippen molar-refractivity contribution in [3.05, 3.63) is 23.8 Å². The molecule has 0 fully saturated rings. The third-order valence-electron chi connectivity index (χ3n) is 3.93. The minimum absolute atomic E-state index is 0.0165. The van der Waals surface area contributed by atoms with Crippen LogP contribution in [-0.2, 0) is 0 Å². The molecule has 1 rings (SSSR count). The first-order valence-electron chi connectivity index (χ1n) is 6.78. The fourth-order valence-electron chi connectivity index (χ4n) is 2.47. The van der Waals surface area contributed by atoms with Crippen molar-refractivity contribution >= 4 is 6.72 Å². The summed E-state index contributed by atoms with van der Waals surface area (Å²) in [7, 11) is 0. The van der Waals surface area contributed by atoms with E-state index < -0.39 is 0 Å². The first-order chi connectivity index (χ1) is 7.98. The number of allylic oxidation sites excluding steroid dienone is 3. The maximum atomic E-state index is 4.44. The second kappa shape index (κ2) is 6.18. The fourth-order valence-corrected chi connectivity index (χ4v) is 2.47. The number of nitrogens with zero attached hydrogens (tertiary/aromatic N) is 1. The average molecular weight is 233 g/mol. The Hall–Kier alpha value is -0.850. The van der Waals surface area contributed by atoms with Gasteiger partial charge in [0.25, 0.3) is 0 Å². The van der Waals surface area contributed by atoms with Gasteiger partial charge < -0.3 is 0 Å². The van der Waals surface area contributed by atoms with Gasteiger partial charge in [-0.2, -0.15) is 0 Å². The van der Waals surface area contributed by atoms with E-state index in [0.29, 0.717) is 11.8 Å². The highest BCUT2D eigenvalue weighted by molar-refractivity contribution is 5.27. The summed E-state index contributed by atoms with van der Waals surface area (Å²) in [6.45, 7) is 12.7. The molecule has 0 unspecified atom stereocenters. The highest BCUT2D eigenvalue weighted by Gasteiger charge is 2.32. The summed E-state index contributed by atoms with van der Waals surface area (Å²) in [5.41, 5.74) is 1.55. The normalized spacial score (nSPS) is 24.8. The van der Waals surface area contributed by atoms with Crippen LogP contribution in [0.5, 0.6) is 0 Å². The van der Waals surface area contributed by atoms with Gasteiger partial charge in [0.15, 0.2) is 0 Å². The third-order valence-corrected chi connectivity index (χ3v) is 3.93. The van der Waals surface area contributed by atoms with E-state index in [-0.39, 0.29) is 5.54 Å². The molecule has 1 nitrogen and oxygen atoms in total. The molecular weight excluding hydrogens is 206 g/mol. The van der Waals surface area contributed by atoms with Crippen molar-refractivity contribution in [3.63, 3.8) is 0 Å². The molecule has 0 amide bonds. The minimum atomic E-state index is 0.0165. The maximum absolute atomic E-state index is 4.44. The number of hydrogen-bond donors (Lipinski definition) is 0. The molecule has 0 saturated carbocycles. The Morgan fingerprint density at radius 2 is 2.29 bits per heavy atom. The van der Waals surface area contributed by atoms with E-state index in [1.54, 1.807) is 0 Å². The summed E-state index contributed by atoms with van der Waals surface area (Å²) < 4.78 is 0. The Kier molecular flexibility index (Phi) is 5.17. The summed E-state index contributed by atoms with van der Waals surface area (Å²) in [5.74, 6) is 1.28. The zero-order valence-electron chi connectivity index (χ0n) is 11.9. The molecule has 0 saturated heterocycles. The van der Waals surface area contributed by atoms with E-state index >= 15 is 0 Å². The van der Waals surface area contributed by atoms with E-state index in [9.17, 15) is 0 Å². The van der Waals surface area contributed by atoms with Crippen molar-refractivity contribution in [2.75, 3.05) is 0 Å².